The lowest BCUT2D eigenvalue weighted by Gasteiger charge is -2.37. The van der Waals surface area contributed by atoms with Crippen molar-refractivity contribution in [1.29, 1.82) is 0 Å². The molecular weight excluding hydrogens is 349 g/mol. The molecule has 2 heterocycles. The Labute approximate surface area is 155 Å². The second kappa shape index (κ2) is 7.17. The molecular formula is C21H20FNO2S. The van der Waals surface area contributed by atoms with Crippen LogP contribution < -0.4 is 0 Å². The van der Waals surface area contributed by atoms with Gasteiger partial charge in [-0.25, -0.2) is 4.39 Å². The molecule has 0 radical (unpaired) electrons. The summed E-state index contributed by atoms with van der Waals surface area (Å²) < 4.78 is 14.7. The van der Waals surface area contributed by atoms with Crippen LogP contribution in [0.1, 0.15) is 29.3 Å². The minimum Gasteiger partial charge on any atom is -0.481 e. The zero-order chi connectivity index (χ0) is 18.1. The van der Waals surface area contributed by atoms with E-state index in [9.17, 15) is 14.3 Å². The zero-order valence-corrected chi connectivity index (χ0v) is 15.1. The molecule has 26 heavy (non-hydrogen) atoms. The van der Waals surface area contributed by atoms with Gasteiger partial charge in [0.15, 0.2) is 0 Å². The topological polar surface area (TPSA) is 40.5 Å². The lowest BCUT2D eigenvalue weighted by atomic mass is 9.94. The van der Waals surface area contributed by atoms with Crippen LogP contribution in [0.15, 0.2) is 54.6 Å². The predicted octanol–water partition coefficient (Wildman–Crippen LogP) is 4.93. The van der Waals surface area contributed by atoms with Crippen molar-refractivity contribution in [3.05, 3.63) is 70.9 Å². The average Bonchev–Trinajstić information content (AvgIpc) is 3.07. The molecule has 1 saturated heterocycles. The Morgan fingerprint density at radius 2 is 1.96 bits per heavy atom. The number of likely N-dealkylation sites (tertiary alicyclic amines) is 1. The maximum Gasteiger partial charge on any atom is 0.307 e. The second-order valence-electron chi connectivity index (χ2n) is 6.81. The molecule has 3 nitrogen and oxygen atoms in total. The molecule has 134 valence electrons. The Hall–Kier alpha value is -2.24. The number of nitrogens with zero attached hydrogens (tertiary/aromatic N) is 1. The number of hydrogen-bond donors (Lipinski definition) is 1. The van der Waals surface area contributed by atoms with E-state index in [0.717, 1.165) is 18.5 Å². The van der Waals surface area contributed by atoms with Crippen LogP contribution in [0.3, 0.4) is 0 Å². The largest absolute Gasteiger partial charge is 0.481 e. The minimum absolute atomic E-state index is 0.0462. The summed E-state index contributed by atoms with van der Waals surface area (Å²) in [4.78, 5) is 14.9. The third-order valence-corrected chi connectivity index (χ3v) is 6.24. The Morgan fingerprint density at radius 3 is 2.69 bits per heavy atom. The summed E-state index contributed by atoms with van der Waals surface area (Å²) in [6.45, 7) is 1.37. The number of rotatable bonds is 4. The molecule has 0 spiro atoms. The van der Waals surface area contributed by atoms with Gasteiger partial charge in [-0.1, -0.05) is 30.3 Å². The summed E-state index contributed by atoms with van der Waals surface area (Å²) in [5, 5.41) is 10.6. The highest BCUT2D eigenvalue weighted by Crippen LogP contribution is 2.38. The fourth-order valence-corrected chi connectivity index (χ4v) is 5.01. The van der Waals surface area contributed by atoms with Crippen LogP contribution in [0.2, 0.25) is 0 Å². The van der Waals surface area contributed by atoms with Crippen LogP contribution in [0, 0.1) is 11.7 Å². The van der Waals surface area contributed by atoms with E-state index < -0.39 is 5.97 Å². The van der Waals surface area contributed by atoms with Gasteiger partial charge < -0.3 is 5.11 Å². The van der Waals surface area contributed by atoms with Crippen molar-refractivity contribution in [3.8, 4) is 0 Å². The molecule has 5 heteroatoms. The molecule has 3 aromatic rings. The van der Waals surface area contributed by atoms with Gasteiger partial charge in [0, 0.05) is 16.1 Å². The monoisotopic (exact) mass is 369 g/mol. The van der Waals surface area contributed by atoms with Gasteiger partial charge in [-0.3, -0.25) is 9.69 Å². The number of benzene rings is 2. The number of hydrogen-bond acceptors (Lipinski definition) is 3. The van der Waals surface area contributed by atoms with Crippen LogP contribution in [-0.4, -0.2) is 29.1 Å². The number of carbonyl (C=O) groups is 1. The highest BCUT2D eigenvalue weighted by atomic mass is 32.1. The number of carboxylic acids is 1. The zero-order valence-electron chi connectivity index (χ0n) is 14.3. The molecule has 0 saturated carbocycles. The Morgan fingerprint density at radius 1 is 1.19 bits per heavy atom. The summed E-state index contributed by atoms with van der Waals surface area (Å²) in [6, 6.07) is 17.0. The molecule has 1 fully saturated rings. The van der Waals surface area contributed by atoms with Gasteiger partial charge >= 0.3 is 5.97 Å². The Kier molecular flexibility index (Phi) is 4.74. The van der Waals surface area contributed by atoms with Gasteiger partial charge in [0.05, 0.1) is 12.0 Å². The normalized spacial score (nSPS) is 19.5. The molecule has 1 aliphatic heterocycles. The standard InChI is InChI=1S/C21H20FNO2S/c22-17-9-7-14(8-10-17)20(23-11-3-5-16(13-23)21(24)25)19-12-15-4-1-2-6-18(15)26-19/h1-2,4,6-10,12,16,20H,3,5,11,13H2,(H,24,25). The van der Waals surface area contributed by atoms with Crippen molar-refractivity contribution in [2.45, 2.75) is 18.9 Å². The first-order valence-electron chi connectivity index (χ1n) is 8.82. The lowest BCUT2D eigenvalue weighted by Crippen LogP contribution is -2.41. The van der Waals surface area contributed by atoms with Gasteiger partial charge in [-0.15, -0.1) is 11.3 Å². The van der Waals surface area contributed by atoms with Crippen LogP contribution in [0.4, 0.5) is 4.39 Å². The number of halogens is 1. The summed E-state index contributed by atoms with van der Waals surface area (Å²) in [5.41, 5.74) is 1.00. The molecule has 1 aliphatic rings. The van der Waals surface area contributed by atoms with Crippen LogP contribution in [0.25, 0.3) is 10.1 Å². The maximum atomic E-state index is 13.4. The minimum atomic E-state index is -0.733. The first-order valence-corrected chi connectivity index (χ1v) is 9.64. The van der Waals surface area contributed by atoms with E-state index in [1.165, 1.54) is 27.1 Å². The van der Waals surface area contributed by atoms with E-state index in [2.05, 4.69) is 23.1 Å². The Balaban J connectivity index is 1.76. The molecule has 1 N–H and O–H groups in total. The number of thiophene rings is 1. The molecule has 2 unspecified atom stereocenters. The number of fused-ring (bicyclic) bond motifs is 1. The van der Waals surface area contributed by atoms with Crippen molar-refractivity contribution < 1.29 is 14.3 Å². The third kappa shape index (κ3) is 3.37. The SMILES string of the molecule is O=C(O)C1CCCN(C(c2ccc(F)cc2)c2cc3ccccc3s2)C1. The number of carboxylic acid groups (broad SMARTS) is 1. The summed E-state index contributed by atoms with van der Waals surface area (Å²) in [6.07, 6.45) is 1.58. The van der Waals surface area contributed by atoms with Gasteiger partial charge in [-0.05, 0) is 54.6 Å². The highest BCUT2D eigenvalue weighted by Gasteiger charge is 2.32. The molecule has 0 aliphatic carbocycles. The van der Waals surface area contributed by atoms with E-state index >= 15 is 0 Å². The van der Waals surface area contributed by atoms with Gasteiger partial charge in [0.2, 0.25) is 0 Å². The number of aliphatic carboxylic acids is 1. The molecule has 2 atom stereocenters. The summed E-state index contributed by atoms with van der Waals surface area (Å²) in [7, 11) is 0. The van der Waals surface area contributed by atoms with E-state index in [1.54, 1.807) is 11.3 Å². The van der Waals surface area contributed by atoms with Crippen molar-refractivity contribution >= 4 is 27.4 Å². The molecule has 2 aromatic carbocycles. The molecule has 0 amide bonds. The third-order valence-electron chi connectivity index (χ3n) is 5.07. The van der Waals surface area contributed by atoms with E-state index in [4.69, 9.17) is 0 Å². The molecule has 0 bridgehead atoms. The fraction of sp³-hybridized carbons (Fsp3) is 0.286. The molecule has 4 rings (SSSR count). The predicted molar refractivity (Wildman–Crippen MR) is 102 cm³/mol. The van der Waals surface area contributed by atoms with Crippen molar-refractivity contribution in [2.75, 3.05) is 13.1 Å². The quantitative estimate of drug-likeness (QED) is 0.709. The lowest BCUT2D eigenvalue weighted by molar-refractivity contribution is -0.143. The van der Waals surface area contributed by atoms with Gasteiger partial charge in [0.1, 0.15) is 5.82 Å². The average molecular weight is 369 g/mol. The van der Waals surface area contributed by atoms with Crippen molar-refractivity contribution in [2.24, 2.45) is 5.92 Å². The maximum absolute atomic E-state index is 13.4. The number of piperidine rings is 1. The Bertz CT molecular complexity index is 888. The fourth-order valence-electron chi connectivity index (χ4n) is 3.78. The van der Waals surface area contributed by atoms with Gasteiger partial charge in [0.25, 0.3) is 0 Å². The summed E-state index contributed by atoms with van der Waals surface area (Å²) >= 11 is 1.72. The van der Waals surface area contributed by atoms with Crippen molar-refractivity contribution in [1.82, 2.24) is 4.90 Å². The second-order valence-corrected chi connectivity index (χ2v) is 7.93. The van der Waals surface area contributed by atoms with Crippen LogP contribution in [0.5, 0.6) is 0 Å². The van der Waals surface area contributed by atoms with Crippen LogP contribution in [-0.2, 0) is 4.79 Å². The highest BCUT2D eigenvalue weighted by molar-refractivity contribution is 7.19. The first-order chi connectivity index (χ1) is 12.6. The van der Waals surface area contributed by atoms with Crippen LogP contribution >= 0.6 is 11.3 Å². The van der Waals surface area contributed by atoms with Crippen molar-refractivity contribution in [3.63, 3.8) is 0 Å². The van der Waals surface area contributed by atoms with Gasteiger partial charge in [-0.2, -0.15) is 0 Å². The molecule has 1 aromatic heterocycles. The van der Waals surface area contributed by atoms with E-state index in [0.29, 0.717) is 13.0 Å². The van der Waals surface area contributed by atoms with E-state index in [1.807, 2.05) is 24.3 Å². The van der Waals surface area contributed by atoms with E-state index in [-0.39, 0.29) is 17.8 Å². The summed E-state index contributed by atoms with van der Waals surface area (Å²) in [5.74, 6) is -1.34. The first kappa shape index (κ1) is 17.2. The smallest absolute Gasteiger partial charge is 0.307 e.